The number of pyridine rings is 2. The van der Waals surface area contributed by atoms with Gasteiger partial charge in [-0.3, -0.25) is 0 Å². The molecule has 0 bridgehead atoms. The highest BCUT2D eigenvalue weighted by molar-refractivity contribution is 5.92. The van der Waals surface area contributed by atoms with Crippen LogP contribution in [0, 0.1) is 17.1 Å². The van der Waals surface area contributed by atoms with E-state index in [4.69, 9.17) is 10.00 Å². The van der Waals surface area contributed by atoms with Crippen molar-refractivity contribution in [1.82, 2.24) is 9.97 Å². The number of hydrogen-bond acceptors (Lipinski definition) is 4. The zero-order chi connectivity index (χ0) is 18.0. The Morgan fingerprint density at radius 3 is 2.64 bits per heavy atom. The molecule has 126 valence electrons. The Balaban J connectivity index is 2.12. The molecule has 0 aliphatic rings. The van der Waals surface area contributed by atoms with Crippen LogP contribution in [0.15, 0.2) is 42.6 Å². The Bertz CT molecular complexity index is 980. The third kappa shape index (κ3) is 3.35. The molecule has 0 aliphatic carbocycles. The molecule has 0 spiro atoms. The Kier molecular flexibility index (Phi) is 4.23. The number of alkyl halides is 3. The largest absolute Gasteiger partial charge is 0.476 e. The lowest BCUT2D eigenvalue weighted by Gasteiger charge is -2.11. The van der Waals surface area contributed by atoms with E-state index in [0.717, 1.165) is 12.1 Å². The summed E-state index contributed by atoms with van der Waals surface area (Å²) >= 11 is 0. The molecule has 0 saturated heterocycles. The van der Waals surface area contributed by atoms with Gasteiger partial charge < -0.3 is 4.74 Å². The molecule has 0 unspecified atom stereocenters. The highest BCUT2D eigenvalue weighted by Crippen LogP contribution is 2.33. The van der Waals surface area contributed by atoms with Crippen molar-refractivity contribution in [3.63, 3.8) is 0 Å². The summed E-state index contributed by atoms with van der Waals surface area (Å²) in [5.41, 5.74) is -0.0886. The first-order valence-electron chi connectivity index (χ1n) is 7.03. The fraction of sp³-hybridized carbons (Fsp3) is 0.118. The highest BCUT2D eigenvalue weighted by atomic mass is 19.4. The van der Waals surface area contributed by atoms with Crippen molar-refractivity contribution in [3.05, 3.63) is 54.1 Å². The first-order chi connectivity index (χ1) is 11.9. The molecule has 3 rings (SSSR count). The molecule has 0 aliphatic heterocycles. The number of benzene rings is 1. The van der Waals surface area contributed by atoms with Gasteiger partial charge in [0.15, 0.2) is 23.8 Å². The molecule has 0 fully saturated rings. The average molecular weight is 347 g/mol. The summed E-state index contributed by atoms with van der Waals surface area (Å²) in [6.45, 7) is -0.325. The molecule has 0 atom stereocenters. The molecule has 8 heteroatoms. The minimum absolute atomic E-state index is 0.0730. The van der Waals surface area contributed by atoms with Crippen molar-refractivity contribution in [2.75, 3.05) is 6.61 Å². The van der Waals surface area contributed by atoms with E-state index in [-0.39, 0.29) is 18.0 Å². The predicted octanol–water partition coefficient (Wildman–Crippen LogP) is 4.36. The third-order valence-electron chi connectivity index (χ3n) is 3.43. The molecule has 2 heterocycles. The number of nitrogens with zero attached hydrogens (tertiary/aromatic N) is 3. The second-order valence-electron chi connectivity index (χ2n) is 5.02. The monoisotopic (exact) mass is 347 g/mol. The first kappa shape index (κ1) is 16.6. The summed E-state index contributed by atoms with van der Waals surface area (Å²) in [5, 5.41) is 8.91. The Morgan fingerprint density at radius 1 is 1.12 bits per heavy atom. The van der Waals surface area contributed by atoms with E-state index in [9.17, 15) is 17.6 Å². The first-order valence-corrected chi connectivity index (χ1v) is 7.03. The van der Waals surface area contributed by atoms with Gasteiger partial charge in [-0.05, 0) is 41.5 Å². The SMILES string of the molecule is N#CCOc1cc(-c2ccnc3nc(C(F)(F)F)ccc23)ccc1F. The van der Waals surface area contributed by atoms with E-state index in [1.807, 2.05) is 0 Å². The second kappa shape index (κ2) is 6.36. The fourth-order valence-electron chi connectivity index (χ4n) is 2.33. The van der Waals surface area contributed by atoms with Crippen LogP contribution in [0.5, 0.6) is 5.75 Å². The average Bonchev–Trinajstić information content (AvgIpc) is 2.59. The van der Waals surface area contributed by atoms with Crippen LogP contribution >= 0.6 is 0 Å². The van der Waals surface area contributed by atoms with Crippen LogP contribution in [-0.2, 0) is 6.18 Å². The minimum atomic E-state index is -4.57. The van der Waals surface area contributed by atoms with Crippen LogP contribution in [0.3, 0.4) is 0 Å². The maximum atomic E-state index is 13.7. The molecule has 0 radical (unpaired) electrons. The molecule has 2 aromatic heterocycles. The molecule has 0 N–H and O–H groups in total. The molecule has 0 saturated carbocycles. The second-order valence-corrected chi connectivity index (χ2v) is 5.02. The van der Waals surface area contributed by atoms with Crippen LogP contribution in [-0.4, -0.2) is 16.6 Å². The standard InChI is InChI=1S/C17H9F4N3O/c18-13-3-1-10(9-14(13)25-8-6-22)11-5-7-23-16-12(11)2-4-15(24-16)17(19,20)21/h1-5,7,9H,8H2. The van der Waals surface area contributed by atoms with Crippen LogP contribution in [0.25, 0.3) is 22.2 Å². The quantitative estimate of drug-likeness (QED) is 0.661. The zero-order valence-corrected chi connectivity index (χ0v) is 12.5. The van der Waals surface area contributed by atoms with Crippen LogP contribution in [0.2, 0.25) is 0 Å². The summed E-state index contributed by atoms with van der Waals surface area (Å²) in [5.74, 6) is -0.765. The number of halogens is 4. The van der Waals surface area contributed by atoms with E-state index < -0.39 is 17.7 Å². The number of ether oxygens (including phenoxy) is 1. The number of hydrogen-bond donors (Lipinski definition) is 0. The van der Waals surface area contributed by atoms with Crippen LogP contribution in [0.4, 0.5) is 17.6 Å². The van der Waals surface area contributed by atoms with Gasteiger partial charge in [0.2, 0.25) is 0 Å². The molecule has 4 nitrogen and oxygen atoms in total. The van der Waals surface area contributed by atoms with Crippen molar-refractivity contribution >= 4 is 11.0 Å². The lowest BCUT2D eigenvalue weighted by atomic mass is 10.0. The molecule has 3 aromatic rings. The minimum Gasteiger partial charge on any atom is -0.476 e. The Labute approximate surface area is 139 Å². The normalized spacial score (nSPS) is 11.3. The van der Waals surface area contributed by atoms with Gasteiger partial charge in [-0.1, -0.05) is 6.07 Å². The van der Waals surface area contributed by atoms with E-state index >= 15 is 0 Å². The van der Waals surface area contributed by atoms with Gasteiger partial charge in [0.1, 0.15) is 11.8 Å². The number of fused-ring (bicyclic) bond motifs is 1. The number of rotatable bonds is 3. The molecule has 25 heavy (non-hydrogen) atoms. The molecule has 1 aromatic carbocycles. The predicted molar refractivity (Wildman–Crippen MR) is 81.0 cm³/mol. The van der Waals surface area contributed by atoms with E-state index in [1.54, 1.807) is 12.1 Å². The lowest BCUT2D eigenvalue weighted by Crippen LogP contribution is -2.08. The fourth-order valence-corrected chi connectivity index (χ4v) is 2.33. The van der Waals surface area contributed by atoms with Crippen molar-refractivity contribution in [1.29, 1.82) is 5.26 Å². The van der Waals surface area contributed by atoms with Gasteiger partial charge in [0.05, 0.1) is 0 Å². The molecule has 0 amide bonds. The Hall–Kier alpha value is -3.21. The molecular formula is C17H9F4N3O. The maximum Gasteiger partial charge on any atom is 0.433 e. The van der Waals surface area contributed by atoms with Gasteiger partial charge in [-0.15, -0.1) is 0 Å². The molecular weight excluding hydrogens is 338 g/mol. The van der Waals surface area contributed by atoms with Crippen molar-refractivity contribution < 1.29 is 22.3 Å². The van der Waals surface area contributed by atoms with E-state index in [2.05, 4.69) is 9.97 Å². The van der Waals surface area contributed by atoms with Crippen LogP contribution < -0.4 is 4.74 Å². The zero-order valence-electron chi connectivity index (χ0n) is 12.5. The maximum absolute atomic E-state index is 13.7. The van der Waals surface area contributed by atoms with Gasteiger partial charge in [0.25, 0.3) is 0 Å². The summed E-state index contributed by atoms with van der Waals surface area (Å²) < 4.78 is 57.1. The van der Waals surface area contributed by atoms with Gasteiger partial charge in [0, 0.05) is 11.6 Å². The van der Waals surface area contributed by atoms with Crippen molar-refractivity contribution in [2.45, 2.75) is 6.18 Å². The summed E-state index contributed by atoms with van der Waals surface area (Å²) in [4.78, 5) is 7.41. The summed E-state index contributed by atoms with van der Waals surface area (Å²) in [6, 6.07) is 9.45. The smallest absolute Gasteiger partial charge is 0.433 e. The van der Waals surface area contributed by atoms with Gasteiger partial charge in [-0.2, -0.15) is 18.4 Å². The summed E-state index contributed by atoms with van der Waals surface area (Å²) in [7, 11) is 0. The number of nitriles is 1. The van der Waals surface area contributed by atoms with Crippen molar-refractivity contribution in [3.8, 4) is 22.9 Å². The van der Waals surface area contributed by atoms with E-state index in [1.165, 1.54) is 24.4 Å². The van der Waals surface area contributed by atoms with Gasteiger partial charge >= 0.3 is 6.18 Å². The van der Waals surface area contributed by atoms with Gasteiger partial charge in [-0.25, -0.2) is 14.4 Å². The van der Waals surface area contributed by atoms with E-state index in [0.29, 0.717) is 16.5 Å². The topological polar surface area (TPSA) is 58.8 Å². The van der Waals surface area contributed by atoms with Crippen molar-refractivity contribution in [2.24, 2.45) is 0 Å². The van der Waals surface area contributed by atoms with Crippen LogP contribution in [0.1, 0.15) is 5.69 Å². The Morgan fingerprint density at radius 2 is 1.92 bits per heavy atom. The third-order valence-corrected chi connectivity index (χ3v) is 3.43. The summed E-state index contributed by atoms with van der Waals surface area (Å²) in [6.07, 6.45) is -3.25. The highest BCUT2D eigenvalue weighted by Gasteiger charge is 2.32. The number of aromatic nitrogens is 2. The lowest BCUT2D eigenvalue weighted by molar-refractivity contribution is -0.141.